The normalized spacial score (nSPS) is 34.1. The second kappa shape index (κ2) is 4.13. The van der Waals surface area contributed by atoms with Crippen molar-refractivity contribution in [1.29, 1.82) is 0 Å². The van der Waals surface area contributed by atoms with Crippen LogP contribution >= 0.6 is 0 Å². The van der Waals surface area contributed by atoms with Crippen molar-refractivity contribution < 1.29 is 22.3 Å². The van der Waals surface area contributed by atoms with E-state index in [4.69, 9.17) is 4.74 Å². The first kappa shape index (κ1) is 13.3. The van der Waals surface area contributed by atoms with E-state index in [2.05, 4.69) is 0 Å². The Morgan fingerprint density at radius 1 is 1.37 bits per heavy atom. The maximum Gasteiger partial charge on any atom is 0.260 e. The first-order chi connectivity index (χ1) is 8.81. The number of fused-ring (bicyclic) bond motifs is 1. The minimum atomic E-state index is -3.33. The third-order valence-electron chi connectivity index (χ3n) is 4.04. The van der Waals surface area contributed by atoms with E-state index in [1.165, 1.54) is 9.21 Å². The van der Waals surface area contributed by atoms with E-state index >= 15 is 0 Å². The molecule has 0 aromatic heterocycles. The number of ether oxygens (including phenoxy) is 1. The number of carbonyl (C=O) groups is 1. The highest BCUT2D eigenvalue weighted by Gasteiger charge is 2.55. The van der Waals surface area contributed by atoms with Gasteiger partial charge in [0.25, 0.3) is 5.91 Å². The van der Waals surface area contributed by atoms with Gasteiger partial charge in [-0.25, -0.2) is 12.8 Å². The van der Waals surface area contributed by atoms with Gasteiger partial charge in [-0.1, -0.05) is 0 Å². The van der Waals surface area contributed by atoms with Crippen LogP contribution in [-0.2, 0) is 19.6 Å². The molecular formula is C11H17FN2O4S. The number of rotatable bonds is 2. The standard InChI is InChI=1S/C11H17FN2O4S/c1-19(16,17)14-4-5-18-9-7-13(6-8(9)14)10(15)11(12)2-3-11/h8-9H,2-7H2,1H3/t8-,9+/m1/s1. The molecule has 2 aliphatic heterocycles. The van der Waals surface area contributed by atoms with Crippen LogP contribution in [0, 0.1) is 0 Å². The SMILES string of the molecule is CS(=O)(=O)N1CCO[C@H]2CN(C(=O)C3(F)CC3)C[C@H]21. The van der Waals surface area contributed by atoms with Crippen LogP contribution in [0.5, 0.6) is 0 Å². The third-order valence-corrected chi connectivity index (χ3v) is 5.34. The average molecular weight is 292 g/mol. The third kappa shape index (κ3) is 2.25. The van der Waals surface area contributed by atoms with Gasteiger partial charge in [-0.15, -0.1) is 0 Å². The molecule has 0 aromatic carbocycles. The van der Waals surface area contributed by atoms with Crippen molar-refractivity contribution in [3.63, 3.8) is 0 Å². The zero-order valence-electron chi connectivity index (χ0n) is 10.7. The minimum absolute atomic E-state index is 0.224. The van der Waals surface area contributed by atoms with Crippen LogP contribution < -0.4 is 0 Å². The number of morpholine rings is 1. The predicted octanol–water partition coefficient (Wildman–Crippen LogP) is -0.640. The Kier molecular flexibility index (Phi) is 2.88. The van der Waals surface area contributed by atoms with Gasteiger partial charge in [-0.2, -0.15) is 4.31 Å². The molecule has 0 bridgehead atoms. The lowest BCUT2D eigenvalue weighted by atomic mass is 10.2. The van der Waals surface area contributed by atoms with Gasteiger partial charge in [0.1, 0.15) is 0 Å². The first-order valence-electron chi connectivity index (χ1n) is 6.38. The maximum absolute atomic E-state index is 13.8. The summed E-state index contributed by atoms with van der Waals surface area (Å²) >= 11 is 0. The molecule has 2 heterocycles. The van der Waals surface area contributed by atoms with Gasteiger partial charge in [0, 0.05) is 19.6 Å². The molecule has 3 rings (SSSR count). The Morgan fingerprint density at radius 2 is 2.05 bits per heavy atom. The number of hydrogen-bond donors (Lipinski definition) is 0. The quantitative estimate of drug-likeness (QED) is 0.679. The van der Waals surface area contributed by atoms with E-state index in [0.29, 0.717) is 13.2 Å². The number of halogens is 1. The molecule has 1 aliphatic carbocycles. The van der Waals surface area contributed by atoms with E-state index < -0.39 is 21.6 Å². The van der Waals surface area contributed by atoms with Crippen LogP contribution in [0.25, 0.3) is 0 Å². The van der Waals surface area contributed by atoms with Crippen molar-refractivity contribution in [2.24, 2.45) is 0 Å². The molecule has 0 N–H and O–H groups in total. The van der Waals surface area contributed by atoms with Crippen LogP contribution in [-0.4, -0.2) is 73.8 Å². The van der Waals surface area contributed by atoms with Gasteiger partial charge in [0.05, 0.1) is 25.0 Å². The Hall–Kier alpha value is -0.730. The molecule has 6 nitrogen and oxygen atoms in total. The number of carbonyl (C=O) groups excluding carboxylic acids is 1. The van der Waals surface area contributed by atoms with Gasteiger partial charge in [-0.3, -0.25) is 4.79 Å². The summed E-state index contributed by atoms with van der Waals surface area (Å²) < 4.78 is 44.1. The monoisotopic (exact) mass is 292 g/mol. The van der Waals surface area contributed by atoms with Gasteiger partial charge in [0.2, 0.25) is 10.0 Å². The number of sulfonamides is 1. The van der Waals surface area contributed by atoms with Crippen molar-refractivity contribution in [2.75, 3.05) is 32.5 Å². The summed E-state index contributed by atoms with van der Waals surface area (Å²) in [6.07, 6.45) is 1.36. The van der Waals surface area contributed by atoms with Gasteiger partial charge >= 0.3 is 0 Å². The molecule has 3 fully saturated rings. The average Bonchev–Trinajstić information content (AvgIpc) is 2.92. The first-order valence-corrected chi connectivity index (χ1v) is 8.23. The fourth-order valence-electron chi connectivity index (χ4n) is 2.84. The topological polar surface area (TPSA) is 66.9 Å². The Labute approximate surface area is 111 Å². The van der Waals surface area contributed by atoms with Crippen molar-refractivity contribution in [3.8, 4) is 0 Å². The van der Waals surface area contributed by atoms with Crippen LogP contribution in [0.4, 0.5) is 4.39 Å². The fraction of sp³-hybridized carbons (Fsp3) is 0.909. The number of likely N-dealkylation sites (tertiary alicyclic amines) is 1. The molecule has 0 aromatic rings. The summed E-state index contributed by atoms with van der Waals surface area (Å²) in [6, 6.07) is -0.380. The number of alkyl halides is 1. The van der Waals surface area contributed by atoms with E-state index in [-0.39, 0.29) is 38.1 Å². The van der Waals surface area contributed by atoms with Crippen LogP contribution in [0.15, 0.2) is 0 Å². The number of amides is 1. The Morgan fingerprint density at radius 3 is 2.63 bits per heavy atom. The lowest BCUT2D eigenvalue weighted by Gasteiger charge is -2.34. The zero-order chi connectivity index (χ0) is 13.8. The largest absolute Gasteiger partial charge is 0.373 e. The molecule has 0 unspecified atom stereocenters. The summed E-state index contributed by atoms with van der Waals surface area (Å²) in [5.74, 6) is -0.515. The van der Waals surface area contributed by atoms with Crippen molar-refractivity contribution in [3.05, 3.63) is 0 Å². The molecular weight excluding hydrogens is 275 g/mol. The Balaban J connectivity index is 1.77. The lowest BCUT2D eigenvalue weighted by Crippen LogP contribution is -2.52. The van der Waals surface area contributed by atoms with Crippen LogP contribution in [0.1, 0.15) is 12.8 Å². The zero-order valence-corrected chi connectivity index (χ0v) is 11.5. The van der Waals surface area contributed by atoms with Gasteiger partial charge in [0.15, 0.2) is 5.67 Å². The molecule has 2 atom stereocenters. The van der Waals surface area contributed by atoms with Crippen molar-refractivity contribution >= 4 is 15.9 Å². The van der Waals surface area contributed by atoms with E-state index in [0.717, 1.165) is 6.26 Å². The second-order valence-electron chi connectivity index (χ2n) is 5.53. The summed E-state index contributed by atoms with van der Waals surface area (Å²) in [5, 5.41) is 0. The lowest BCUT2D eigenvalue weighted by molar-refractivity contribution is -0.137. The molecule has 2 saturated heterocycles. The van der Waals surface area contributed by atoms with E-state index in [9.17, 15) is 17.6 Å². The highest BCUT2D eigenvalue weighted by atomic mass is 32.2. The maximum atomic E-state index is 13.8. The van der Waals surface area contributed by atoms with Gasteiger partial charge in [-0.05, 0) is 12.8 Å². The van der Waals surface area contributed by atoms with Crippen molar-refractivity contribution in [1.82, 2.24) is 9.21 Å². The molecule has 108 valence electrons. The molecule has 8 heteroatoms. The van der Waals surface area contributed by atoms with E-state index in [1.807, 2.05) is 0 Å². The van der Waals surface area contributed by atoms with Crippen LogP contribution in [0.3, 0.4) is 0 Å². The summed E-state index contributed by atoms with van der Waals surface area (Å²) in [6.45, 7) is 1.11. The molecule has 1 saturated carbocycles. The van der Waals surface area contributed by atoms with E-state index in [1.54, 1.807) is 0 Å². The van der Waals surface area contributed by atoms with Gasteiger partial charge < -0.3 is 9.64 Å². The predicted molar refractivity (Wildman–Crippen MR) is 64.7 cm³/mol. The summed E-state index contributed by atoms with van der Waals surface area (Å²) in [5.41, 5.74) is -1.70. The smallest absolute Gasteiger partial charge is 0.260 e. The minimum Gasteiger partial charge on any atom is -0.373 e. The summed E-state index contributed by atoms with van der Waals surface area (Å²) in [7, 11) is -3.33. The Bertz CT molecular complexity index is 505. The van der Waals surface area contributed by atoms with Crippen molar-refractivity contribution in [2.45, 2.75) is 30.7 Å². The fourth-order valence-corrected chi connectivity index (χ4v) is 3.94. The second-order valence-corrected chi connectivity index (χ2v) is 7.46. The summed E-state index contributed by atoms with van der Waals surface area (Å²) in [4.78, 5) is 13.4. The molecule has 19 heavy (non-hydrogen) atoms. The molecule has 3 aliphatic rings. The molecule has 0 radical (unpaired) electrons. The highest BCUT2D eigenvalue weighted by Crippen LogP contribution is 2.42. The van der Waals surface area contributed by atoms with Crippen LogP contribution in [0.2, 0.25) is 0 Å². The molecule has 1 amide bonds. The molecule has 0 spiro atoms. The number of nitrogens with zero attached hydrogens (tertiary/aromatic N) is 2. The number of hydrogen-bond acceptors (Lipinski definition) is 4. The highest BCUT2D eigenvalue weighted by molar-refractivity contribution is 7.88.